The normalized spacial score (nSPS) is 10.9. The summed E-state index contributed by atoms with van der Waals surface area (Å²) in [6.07, 6.45) is 9.83. The monoisotopic (exact) mass is 326 g/mol. The Morgan fingerprint density at radius 2 is 1.54 bits per heavy atom. The van der Waals surface area contributed by atoms with Crippen LogP contribution in [0.2, 0.25) is 0 Å². The molecule has 3 heteroatoms. The van der Waals surface area contributed by atoms with Crippen LogP contribution >= 0.6 is 0 Å². The lowest BCUT2D eigenvalue weighted by atomic mass is 10.1. The molecule has 2 rings (SSSR count). The molecule has 0 saturated heterocycles. The Bertz CT molecular complexity index is 645. The van der Waals surface area contributed by atoms with Gasteiger partial charge < -0.3 is 14.6 Å². The number of methoxy groups -OCH3 is 2. The average Bonchev–Trinajstić information content (AvgIpc) is 2.62. The third-order valence-electron chi connectivity index (χ3n) is 3.99. The Morgan fingerprint density at radius 1 is 0.833 bits per heavy atom. The van der Waals surface area contributed by atoms with Crippen LogP contribution < -0.4 is 9.47 Å². The molecule has 24 heavy (non-hydrogen) atoms. The largest absolute Gasteiger partial charge is 0.508 e. The van der Waals surface area contributed by atoms with Crippen LogP contribution in [0.1, 0.15) is 30.4 Å². The summed E-state index contributed by atoms with van der Waals surface area (Å²) in [7, 11) is 3.31. The van der Waals surface area contributed by atoms with Gasteiger partial charge in [-0.2, -0.15) is 0 Å². The highest BCUT2D eigenvalue weighted by Crippen LogP contribution is 2.27. The summed E-state index contributed by atoms with van der Waals surface area (Å²) >= 11 is 0. The zero-order valence-corrected chi connectivity index (χ0v) is 14.5. The smallest absolute Gasteiger partial charge is 0.160 e. The molecule has 0 radical (unpaired) electrons. The van der Waals surface area contributed by atoms with Crippen molar-refractivity contribution in [1.82, 2.24) is 0 Å². The number of benzene rings is 2. The first kappa shape index (κ1) is 17.9. The summed E-state index contributed by atoms with van der Waals surface area (Å²) in [5.41, 5.74) is 2.50. The predicted molar refractivity (Wildman–Crippen MR) is 98.1 cm³/mol. The van der Waals surface area contributed by atoms with E-state index in [1.807, 2.05) is 24.3 Å². The van der Waals surface area contributed by atoms with Gasteiger partial charge in [-0.05, 0) is 67.5 Å². The second-order valence-corrected chi connectivity index (χ2v) is 5.78. The Kier molecular flexibility index (Phi) is 7.21. The molecular formula is C21H26O3. The van der Waals surface area contributed by atoms with E-state index in [4.69, 9.17) is 9.47 Å². The maximum atomic E-state index is 9.26. The minimum atomic E-state index is 0.330. The van der Waals surface area contributed by atoms with Gasteiger partial charge in [-0.3, -0.25) is 0 Å². The van der Waals surface area contributed by atoms with E-state index in [-0.39, 0.29) is 0 Å². The van der Waals surface area contributed by atoms with Crippen molar-refractivity contribution < 1.29 is 14.6 Å². The highest BCUT2D eigenvalue weighted by molar-refractivity contribution is 5.43. The standard InChI is InChI=1S/C21H26O3/c1-23-20-15-12-18(16-21(20)24-2)9-7-5-3-4-6-8-17-10-13-19(22)14-11-17/h5,7,10-16,22H,3-4,6,8-9H2,1-2H3/b7-5+. The molecule has 0 saturated carbocycles. The van der Waals surface area contributed by atoms with Gasteiger partial charge in [0.1, 0.15) is 5.75 Å². The van der Waals surface area contributed by atoms with Gasteiger partial charge in [-0.25, -0.2) is 0 Å². The second kappa shape index (κ2) is 9.66. The van der Waals surface area contributed by atoms with E-state index in [1.165, 1.54) is 17.5 Å². The number of rotatable bonds is 9. The van der Waals surface area contributed by atoms with Crippen LogP contribution in [0.5, 0.6) is 17.2 Å². The number of phenolic OH excluding ortho intramolecular Hbond substituents is 1. The van der Waals surface area contributed by atoms with Crippen molar-refractivity contribution in [2.75, 3.05) is 14.2 Å². The molecule has 3 nitrogen and oxygen atoms in total. The molecule has 2 aromatic carbocycles. The van der Waals surface area contributed by atoms with Gasteiger partial charge in [-0.15, -0.1) is 0 Å². The number of unbranched alkanes of at least 4 members (excludes halogenated alkanes) is 2. The third-order valence-corrected chi connectivity index (χ3v) is 3.99. The van der Waals surface area contributed by atoms with Crippen LogP contribution in [0.15, 0.2) is 54.6 Å². The van der Waals surface area contributed by atoms with Crippen LogP contribution in [0, 0.1) is 0 Å². The zero-order valence-electron chi connectivity index (χ0n) is 14.5. The fraction of sp³-hybridized carbons (Fsp3) is 0.333. The molecule has 2 aromatic rings. The van der Waals surface area contributed by atoms with Crippen LogP contribution in [-0.2, 0) is 12.8 Å². The molecule has 0 aliphatic carbocycles. The van der Waals surface area contributed by atoms with E-state index in [9.17, 15) is 5.11 Å². The Hall–Kier alpha value is -2.42. The molecule has 0 aliphatic heterocycles. The maximum absolute atomic E-state index is 9.26. The van der Waals surface area contributed by atoms with E-state index in [1.54, 1.807) is 26.4 Å². The minimum Gasteiger partial charge on any atom is -0.508 e. The molecule has 0 heterocycles. The highest BCUT2D eigenvalue weighted by Gasteiger charge is 2.03. The van der Waals surface area contributed by atoms with Crippen molar-refractivity contribution in [1.29, 1.82) is 0 Å². The molecule has 0 fully saturated rings. The van der Waals surface area contributed by atoms with Crippen molar-refractivity contribution in [3.63, 3.8) is 0 Å². The molecule has 0 aliphatic rings. The van der Waals surface area contributed by atoms with Crippen molar-refractivity contribution in [3.8, 4) is 17.2 Å². The summed E-state index contributed by atoms with van der Waals surface area (Å²) in [5.74, 6) is 1.87. The first-order chi connectivity index (χ1) is 11.7. The summed E-state index contributed by atoms with van der Waals surface area (Å²) in [6, 6.07) is 13.5. The molecule has 0 unspecified atom stereocenters. The Labute approximate surface area is 144 Å². The second-order valence-electron chi connectivity index (χ2n) is 5.78. The summed E-state index contributed by atoms with van der Waals surface area (Å²) < 4.78 is 10.6. The number of allylic oxidation sites excluding steroid dienone is 2. The van der Waals surface area contributed by atoms with Gasteiger partial charge in [-0.1, -0.05) is 30.4 Å². The molecule has 0 bridgehead atoms. The lowest BCUT2D eigenvalue weighted by Crippen LogP contribution is -1.92. The summed E-state index contributed by atoms with van der Waals surface area (Å²) in [4.78, 5) is 0. The van der Waals surface area contributed by atoms with Gasteiger partial charge in [0.05, 0.1) is 14.2 Å². The Morgan fingerprint density at radius 3 is 2.25 bits per heavy atom. The number of ether oxygens (including phenoxy) is 2. The van der Waals surface area contributed by atoms with E-state index in [0.717, 1.165) is 37.2 Å². The number of aryl methyl sites for hydroxylation is 1. The SMILES string of the molecule is COc1ccc(C/C=C/CCCCc2ccc(O)cc2)cc1OC. The van der Waals surface area contributed by atoms with Crippen LogP contribution in [0.3, 0.4) is 0 Å². The van der Waals surface area contributed by atoms with Crippen LogP contribution in [0.25, 0.3) is 0 Å². The average molecular weight is 326 g/mol. The fourth-order valence-corrected chi connectivity index (χ4v) is 2.60. The van der Waals surface area contributed by atoms with E-state index in [0.29, 0.717) is 5.75 Å². The van der Waals surface area contributed by atoms with Crippen molar-refractivity contribution >= 4 is 0 Å². The Balaban J connectivity index is 1.68. The van der Waals surface area contributed by atoms with Gasteiger partial charge in [0.2, 0.25) is 0 Å². The molecule has 1 N–H and O–H groups in total. The van der Waals surface area contributed by atoms with Crippen molar-refractivity contribution in [2.45, 2.75) is 32.1 Å². The van der Waals surface area contributed by atoms with Gasteiger partial charge >= 0.3 is 0 Å². The topological polar surface area (TPSA) is 38.7 Å². The number of phenols is 1. The van der Waals surface area contributed by atoms with E-state index in [2.05, 4.69) is 18.2 Å². The maximum Gasteiger partial charge on any atom is 0.160 e. The molecule has 128 valence electrons. The number of aromatic hydroxyl groups is 1. The zero-order chi connectivity index (χ0) is 17.2. The highest BCUT2D eigenvalue weighted by atomic mass is 16.5. The fourth-order valence-electron chi connectivity index (χ4n) is 2.60. The third kappa shape index (κ3) is 5.65. The number of hydrogen-bond acceptors (Lipinski definition) is 3. The first-order valence-corrected chi connectivity index (χ1v) is 8.36. The lowest BCUT2D eigenvalue weighted by molar-refractivity contribution is 0.354. The molecule has 0 spiro atoms. The number of hydrogen-bond donors (Lipinski definition) is 1. The molecule has 0 aromatic heterocycles. The predicted octanol–water partition coefficient (Wildman–Crippen LogP) is 4.92. The van der Waals surface area contributed by atoms with Gasteiger partial charge in [0, 0.05) is 0 Å². The molecule has 0 amide bonds. The summed E-state index contributed by atoms with van der Waals surface area (Å²) in [6.45, 7) is 0. The summed E-state index contributed by atoms with van der Waals surface area (Å²) in [5, 5.41) is 9.26. The quantitative estimate of drug-likeness (QED) is 0.525. The minimum absolute atomic E-state index is 0.330. The van der Waals surface area contributed by atoms with E-state index < -0.39 is 0 Å². The lowest BCUT2D eigenvalue weighted by Gasteiger charge is -2.08. The van der Waals surface area contributed by atoms with Gasteiger partial charge in [0.25, 0.3) is 0 Å². The van der Waals surface area contributed by atoms with Crippen molar-refractivity contribution in [3.05, 3.63) is 65.7 Å². The molecule has 0 atom stereocenters. The van der Waals surface area contributed by atoms with E-state index >= 15 is 0 Å². The van der Waals surface area contributed by atoms with Gasteiger partial charge in [0.15, 0.2) is 11.5 Å². The van der Waals surface area contributed by atoms with Crippen LogP contribution in [-0.4, -0.2) is 19.3 Å². The van der Waals surface area contributed by atoms with Crippen LogP contribution in [0.4, 0.5) is 0 Å². The first-order valence-electron chi connectivity index (χ1n) is 8.36. The molecular weight excluding hydrogens is 300 g/mol. The van der Waals surface area contributed by atoms with Crippen molar-refractivity contribution in [2.24, 2.45) is 0 Å².